The van der Waals surface area contributed by atoms with Gasteiger partial charge in [0.05, 0.1) is 24.1 Å². The largest absolute Gasteiger partial charge is 0.496 e. The molecule has 0 fully saturated rings. The van der Waals surface area contributed by atoms with E-state index in [-0.39, 0.29) is 0 Å². The molecule has 0 spiro atoms. The molecule has 112 valence electrons. The summed E-state index contributed by atoms with van der Waals surface area (Å²) in [6.45, 7) is 1.95. The van der Waals surface area contributed by atoms with Gasteiger partial charge in [-0.3, -0.25) is 0 Å². The number of hydrogen-bond acceptors (Lipinski definition) is 2. The van der Waals surface area contributed by atoms with Crippen molar-refractivity contribution in [2.75, 3.05) is 14.2 Å². The minimum Gasteiger partial charge on any atom is -0.496 e. The van der Waals surface area contributed by atoms with E-state index >= 15 is 0 Å². The van der Waals surface area contributed by atoms with Crippen LogP contribution in [0.2, 0.25) is 5.02 Å². The molecular formula is C16H15BrCl2O2. The van der Waals surface area contributed by atoms with Gasteiger partial charge in [-0.15, -0.1) is 11.6 Å². The average molecular weight is 390 g/mol. The molecule has 2 nitrogen and oxygen atoms in total. The summed E-state index contributed by atoms with van der Waals surface area (Å²) in [6.07, 6.45) is 0. The monoisotopic (exact) mass is 388 g/mol. The summed E-state index contributed by atoms with van der Waals surface area (Å²) in [5.41, 5.74) is 2.65. The van der Waals surface area contributed by atoms with Gasteiger partial charge in [0.2, 0.25) is 0 Å². The van der Waals surface area contributed by atoms with Crippen LogP contribution in [-0.4, -0.2) is 14.2 Å². The van der Waals surface area contributed by atoms with Gasteiger partial charge in [-0.2, -0.15) is 0 Å². The molecular weight excluding hydrogens is 375 g/mol. The molecule has 0 radical (unpaired) electrons. The fourth-order valence-corrected chi connectivity index (χ4v) is 3.24. The predicted octanol–water partition coefficient (Wildman–Crippen LogP) is 5.76. The highest BCUT2D eigenvalue weighted by Crippen LogP contribution is 2.42. The number of ether oxygens (including phenoxy) is 2. The molecule has 0 heterocycles. The lowest BCUT2D eigenvalue weighted by molar-refractivity contribution is 0.397. The van der Waals surface area contributed by atoms with Gasteiger partial charge >= 0.3 is 0 Å². The van der Waals surface area contributed by atoms with E-state index < -0.39 is 5.38 Å². The highest BCUT2D eigenvalue weighted by atomic mass is 79.9. The molecule has 1 unspecified atom stereocenters. The second-order valence-electron chi connectivity index (χ2n) is 4.57. The molecule has 1 atom stereocenters. The third-order valence-electron chi connectivity index (χ3n) is 3.27. The zero-order valence-electron chi connectivity index (χ0n) is 11.9. The van der Waals surface area contributed by atoms with E-state index in [0.29, 0.717) is 16.5 Å². The maximum absolute atomic E-state index is 6.64. The Morgan fingerprint density at radius 1 is 1.05 bits per heavy atom. The fourth-order valence-electron chi connectivity index (χ4n) is 2.12. The molecule has 21 heavy (non-hydrogen) atoms. The molecule has 2 aromatic carbocycles. The smallest absolute Gasteiger partial charge is 0.133 e. The van der Waals surface area contributed by atoms with E-state index in [1.165, 1.54) is 0 Å². The molecule has 0 saturated carbocycles. The Morgan fingerprint density at radius 3 is 2.33 bits per heavy atom. The van der Waals surface area contributed by atoms with Crippen LogP contribution in [0, 0.1) is 6.92 Å². The standard InChI is InChI=1S/C16H15BrCl2O2/c1-9-5-4-6-10(15(9)18)16(19)11-7-14(21-3)12(17)8-13(11)20-2/h4-8,16H,1-3H3. The van der Waals surface area contributed by atoms with Gasteiger partial charge in [-0.1, -0.05) is 29.8 Å². The molecule has 0 aliphatic carbocycles. The topological polar surface area (TPSA) is 18.5 Å². The summed E-state index contributed by atoms with van der Waals surface area (Å²) in [6, 6.07) is 9.51. The highest BCUT2D eigenvalue weighted by molar-refractivity contribution is 9.10. The summed E-state index contributed by atoms with van der Waals surface area (Å²) < 4.78 is 11.6. The van der Waals surface area contributed by atoms with Crippen molar-refractivity contribution in [3.8, 4) is 11.5 Å². The average Bonchev–Trinajstić information content (AvgIpc) is 2.49. The summed E-state index contributed by atoms with van der Waals surface area (Å²) in [7, 11) is 3.22. The van der Waals surface area contributed by atoms with E-state index in [2.05, 4.69) is 15.9 Å². The predicted molar refractivity (Wildman–Crippen MR) is 91.1 cm³/mol. The second-order valence-corrected chi connectivity index (χ2v) is 6.24. The zero-order chi connectivity index (χ0) is 15.6. The van der Waals surface area contributed by atoms with Gasteiger partial charge in [-0.25, -0.2) is 0 Å². The highest BCUT2D eigenvalue weighted by Gasteiger charge is 2.21. The number of aryl methyl sites for hydroxylation is 1. The Balaban J connectivity index is 2.56. The van der Waals surface area contributed by atoms with Crippen molar-refractivity contribution >= 4 is 39.1 Å². The molecule has 2 aromatic rings. The molecule has 0 saturated heterocycles. The SMILES string of the molecule is COc1cc(C(Cl)c2cccc(C)c2Cl)c(OC)cc1Br. The van der Waals surface area contributed by atoms with Gasteiger partial charge in [0.1, 0.15) is 11.5 Å². The molecule has 0 bridgehead atoms. The Kier molecular flexibility index (Phi) is 5.42. The van der Waals surface area contributed by atoms with E-state index in [9.17, 15) is 0 Å². The van der Waals surface area contributed by atoms with Gasteiger partial charge < -0.3 is 9.47 Å². The van der Waals surface area contributed by atoms with Crippen molar-refractivity contribution in [1.82, 2.24) is 0 Å². The van der Waals surface area contributed by atoms with E-state index in [1.807, 2.05) is 37.3 Å². The molecule has 0 amide bonds. The van der Waals surface area contributed by atoms with Crippen molar-refractivity contribution in [2.24, 2.45) is 0 Å². The number of hydrogen-bond donors (Lipinski definition) is 0. The van der Waals surface area contributed by atoms with Crippen LogP contribution < -0.4 is 9.47 Å². The first kappa shape index (κ1) is 16.5. The number of alkyl halides is 1. The number of rotatable bonds is 4. The summed E-state index contributed by atoms with van der Waals surface area (Å²) in [5.74, 6) is 1.38. The lowest BCUT2D eigenvalue weighted by Gasteiger charge is -2.18. The van der Waals surface area contributed by atoms with Gasteiger partial charge in [0, 0.05) is 10.6 Å². The van der Waals surface area contributed by atoms with Crippen LogP contribution in [0.15, 0.2) is 34.8 Å². The van der Waals surface area contributed by atoms with E-state index in [0.717, 1.165) is 21.2 Å². The van der Waals surface area contributed by atoms with Crippen LogP contribution in [0.4, 0.5) is 0 Å². The van der Waals surface area contributed by atoms with Crippen LogP contribution in [0.5, 0.6) is 11.5 Å². The van der Waals surface area contributed by atoms with Gasteiger partial charge in [0.15, 0.2) is 0 Å². The van der Waals surface area contributed by atoms with Crippen LogP contribution in [0.1, 0.15) is 22.1 Å². The first-order valence-corrected chi connectivity index (χ1v) is 7.90. The van der Waals surface area contributed by atoms with Crippen molar-refractivity contribution in [3.05, 3.63) is 56.5 Å². The van der Waals surface area contributed by atoms with Crippen molar-refractivity contribution in [2.45, 2.75) is 12.3 Å². The zero-order valence-corrected chi connectivity index (χ0v) is 15.0. The van der Waals surface area contributed by atoms with Gasteiger partial charge in [0.25, 0.3) is 0 Å². The first-order valence-electron chi connectivity index (χ1n) is 6.30. The molecule has 0 aliphatic rings. The summed E-state index contributed by atoms with van der Waals surface area (Å²) in [4.78, 5) is 0. The number of halogens is 3. The Bertz CT molecular complexity index is 659. The summed E-state index contributed by atoms with van der Waals surface area (Å²) >= 11 is 16.5. The third kappa shape index (κ3) is 3.31. The van der Waals surface area contributed by atoms with E-state index in [1.54, 1.807) is 14.2 Å². The Labute approximate surface area is 143 Å². The molecule has 2 rings (SSSR count). The third-order valence-corrected chi connectivity index (χ3v) is 4.88. The number of methoxy groups -OCH3 is 2. The molecule has 5 heteroatoms. The van der Waals surface area contributed by atoms with Crippen molar-refractivity contribution in [3.63, 3.8) is 0 Å². The van der Waals surface area contributed by atoms with E-state index in [4.69, 9.17) is 32.7 Å². The number of benzene rings is 2. The molecule has 0 aliphatic heterocycles. The fraction of sp³-hybridized carbons (Fsp3) is 0.250. The minimum absolute atomic E-state index is 0.422. The van der Waals surface area contributed by atoms with Crippen molar-refractivity contribution < 1.29 is 9.47 Å². The van der Waals surface area contributed by atoms with Crippen LogP contribution in [-0.2, 0) is 0 Å². The Hall–Kier alpha value is -0.900. The lowest BCUT2D eigenvalue weighted by Crippen LogP contribution is -2.00. The Morgan fingerprint density at radius 2 is 1.71 bits per heavy atom. The maximum Gasteiger partial charge on any atom is 0.133 e. The molecule has 0 aromatic heterocycles. The lowest BCUT2D eigenvalue weighted by atomic mass is 10.0. The van der Waals surface area contributed by atoms with Crippen LogP contribution in [0.3, 0.4) is 0 Å². The van der Waals surface area contributed by atoms with Crippen LogP contribution >= 0.6 is 39.1 Å². The van der Waals surface area contributed by atoms with Gasteiger partial charge in [-0.05, 0) is 46.1 Å². The minimum atomic E-state index is -0.422. The van der Waals surface area contributed by atoms with Crippen molar-refractivity contribution in [1.29, 1.82) is 0 Å². The first-order chi connectivity index (χ1) is 9.99. The quantitative estimate of drug-likeness (QED) is 0.619. The van der Waals surface area contributed by atoms with Crippen LogP contribution in [0.25, 0.3) is 0 Å². The normalized spacial score (nSPS) is 12.1. The maximum atomic E-state index is 6.64. The summed E-state index contributed by atoms with van der Waals surface area (Å²) in [5, 5.41) is 0.246. The second kappa shape index (κ2) is 6.91. The molecule has 0 N–H and O–H groups in total.